The van der Waals surface area contributed by atoms with Gasteiger partial charge in [-0.15, -0.1) is 0 Å². The van der Waals surface area contributed by atoms with Crippen molar-refractivity contribution >= 4 is 0 Å². The first-order valence-corrected chi connectivity index (χ1v) is 4.78. The number of aryl methyl sites for hydroxylation is 2. The maximum atomic E-state index is 5.56. The lowest BCUT2D eigenvalue weighted by Crippen LogP contribution is -2.02. The van der Waals surface area contributed by atoms with Crippen molar-refractivity contribution in [1.82, 2.24) is 14.8 Å². The van der Waals surface area contributed by atoms with Gasteiger partial charge in [-0.2, -0.15) is 5.10 Å². The standard InChI is InChI=1S/C11H13N3O/c1-9-6-10(14(2)13-9)8-15-11-4-3-5-12-7-11/h3-7H,8H2,1-2H3. The number of nitrogens with zero attached hydrogens (tertiary/aromatic N) is 3. The van der Waals surface area contributed by atoms with Gasteiger partial charge >= 0.3 is 0 Å². The topological polar surface area (TPSA) is 39.9 Å². The third-order valence-electron chi connectivity index (χ3n) is 2.12. The summed E-state index contributed by atoms with van der Waals surface area (Å²) < 4.78 is 7.39. The molecule has 0 N–H and O–H groups in total. The molecule has 0 aliphatic heterocycles. The van der Waals surface area contributed by atoms with Gasteiger partial charge in [-0.25, -0.2) is 0 Å². The van der Waals surface area contributed by atoms with Crippen LogP contribution >= 0.6 is 0 Å². The van der Waals surface area contributed by atoms with Crippen molar-refractivity contribution in [2.75, 3.05) is 0 Å². The lowest BCUT2D eigenvalue weighted by molar-refractivity contribution is 0.293. The lowest BCUT2D eigenvalue weighted by Gasteiger charge is -2.04. The zero-order valence-corrected chi connectivity index (χ0v) is 8.84. The second-order valence-corrected chi connectivity index (χ2v) is 3.38. The Hall–Kier alpha value is -1.84. The Morgan fingerprint density at radius 3 is 2.93 bits per heavy atom. The van der Waals surface area contributed by atoms with Gasteiger partial charge in [-0.1, -0.05) is 0 Å². The molecule has 2 heterocycles. The Morgan fingerprint density at radius 2 is 2.33 bits per heavy atom. The molecule has 2 aromatic rings. The van der Waals surface area contributed by atoms with E-state index in [1.807, 2.05) is 36.9 Å². The largest absolute Gasteiger partial charge is 0.486 e. The Morgan fingerprint density at radius 1 is 1.47 bits per heavy atom. The van der Waals surface area contributed by atoms with E-state index in [1.54, 1.807) is 12.4 Å². The monoisotopic (exact) mass is 203 g/mol. The summed E-state index contributed by atoms with van der Waals surface area (Å²) in [5.74, 6) is 0.774. The number of ether oxygens (including phenoxy) is 1. The van der Waals surface area contributed by atoms with Crippen LogP contribution in [0.1, 0.15) is 11.4 Å². The van der Waals surface area contributed by atoms with Gasteiger partial charge in [0.05, 0.1) is 17.6 Å². The van der Waals surface area contributed by atoms with Crippen LogP contribution in [0.3, 0.4) is 0 Å². The molecule has 2 aromatic heterocycles. The Bertz CT molecular complexity index is 436. The lowest BCUT2D eigenvalue weighted by atomic mass is 10.4. The summed E-state index contributed by atoms with van der Waals surface area (Å²) in [6.07, 6.45) is 3.42. The number of pyridine rings is 1. The fourth-order valence-electron chi connectivity index (χ4n) is 1.39. The van der Waals surface area contributed by atoms with Crippen molar-refractivity contribution in [1.29, 1.82) is 0 Å². The summed E-state index contributed by atoms with van der Waals surface area (Å²) in [6, 6.07) is 5.75. The molecule has 0 amide bonds. The minimum Gasteiger partial charge on any atom is -0.486 e. The molecule has 4 heteroatoms. The summed E-state index contributed by atoms with van der Waals surface area (Å²) in [5.41, 5.74) is 2.05. The fourth-order valence-corrected chi connectivity index (χ4v) is 1.39. The summed E-state index contributed by atoms with van der Waals surface area (Å²) in [7, 11) is 1.91. The molecule has 0 unspecified atom stereocenters. The molecule has 0 aliphatic rings. The van der Waals surface area contributed by atoms with Crippen LogP contribution in [0.2, 0.25) is 0 Å². The molecular weight excluding hydrogens is 190 g/mol. The van der Waals surface area contributed by atoms with E-state index >= 15 is 0 Å². The maximum Gasteiger partial charge on any atom is 0.138 e. The van der Waals surface area contributed by atoms with Crippen LogP contribution in [0, 0.1) is 6.92 Å². The Balaban J connectivity index is 2.02. The predicted molar refractivity (Wildman–Crippen MR) is 56.5 cm³/mol. The molecule has 0 bridgehead atoms. The molecule has 4 nitrogen and oxygen atoms in total. The van der Waals surface area contributed by atoms with Crippen molar-refractivity contribution in [2.24, 2.45) is 7.05 Å². The first kappa shape index (κ1) is 9.71. The summed E-state index contributed by atoms with van der Waals surface area (Å²) >= 11 is 0. The molecule has 0 atom stereocenters. The summed E-state index contributed by atoms with van der Waals surface area (Å²) in [6.45, 7) is 2.48. The van der Waals surface area contributed by atoms with Crippen molar-refractivity contribution in [3.63, 3.8) is 0 Å². The van der Waals surface area contributed by atoms with E-state index in [4.69, 9.17) is 4.74 Å². The smallest absolute Gasteiger partial charge is 0.138 e. The van der Waals surface area contributed by atoms with Crippen molar-refractivity contribution in [2.45, 2.75) is 13.5 Å². The minimum atomic E-state index is 0.517. The average molecular weight is 203 g/mol. The highest BCUT2D eigenvalue weighted by Gasteiger charge is 2.02. The van der Waals surface area contributed by atoms with E-state index in [-0.39, 0.29) is 0 Å². The third kappa shape index (κ3) is 2.34. The molecule has 0 saturated carbocycles. The van der Waals surface area contributed by atoms with Crippen molar-refractivity contribution in [3.05, 3.63) is 42.0 Å². The van der Waals surface area contributed by atoms with Crippen LogP contribution in [-0.4, -0.2) is 14.8 Å². The van der Waals surface area contributed by atoms with Crippen LogP contribution < -0.4 is 4.74 Å². The van der Waals surface area contributed by atoms with Crippen LogP contribution in [-0.2, 0) is 13.7 Å². The van der Waals surface area contributed by atoms with Gasteiger partial charge in [0.2, 0.25) is 0 Å². The minimum absolute atomic E-state index is 0.517. The molecular formula is C11H13N3O. The fraction of sp³-hybridized carbons (Fsp3) is 0.273. The number of aromatic nitrogens is 3. The average Bonchev–Trinajstić information content (AvgIpc) is 2.56. The zero-order chi connectivity index (χ0) is 10.7. The van der Waals surface area contributed by atoms with Gasteiger partial charge in [-0.05, 0) is 25.1 Å². The van der Waals surface area contributed by atoms with Crippen LogP contribution in [0.4, 0.5) is 0 Å². The number of rotatable bonds is 3. The predicted octanol–water partition coefficient (Wildman–Crippen LogP) is 1.70. The second kappa shape index (κ2) is 4.13. The second-order valence-electron chi connectivity index (χ2n) is 3.38. The summed E-state index contributed by atoms with van der Waals surface area (Å²) in [5, 5.41) is 4.24. The van der Waals surface area contributed by atoms with Gasteiger partial charge in [-0.3, -0.25) is 9.67 Å². The molecule has 78 valence electrons. The number of hydrogen-bond acceptors (Lipinski definition) is 3. The van der Waals surface area contributed by atoms with Crippen molar-refractivity contribution in [3.8, 4) is 5.75 Å². The highest BCUT2D eigenvalue weighted by molar-refractivity contribution is 5.16. The quantitative estimate of drug-likeness (QED) is 0.762. The van der Waals surface area contributed by atoms with Gasteiger partial charge in [0.15, 0.2) is 0 Å². The normalized spacial score (nSPS) is 10.3. The van der Waals surface area contributed by atoms with E-state index in [0.717, 1.165) is 17.1 Å². The molecule has 0 spiro atoms. The summed E-state index contributed by atoms with van der Waals surface area (Å²) in [4.78, 5) is 3.98. The number of hydrogen-bond donors (Lipinski definition) is 0. The molecule has 0 fully saturated rings. The maximum absolute atomic E-state index is 5.56. The van der Waals surface area contributed by atoms with E-state index in [1.165, 1.54) is 0 Å². The van der Waals surface area contributed by atoms with Crippen LogP contribution in [0.5, 0.6) is 5.75 Å². The van der Waals surface area contributed by atoms with E-state index in [0.29, 0.717) is 6.61 Å². The van der Waals surface area contributed by atoms with Crippen LogP contribution in [0.25, 0.3) is 0 Å². The van der Waals surface area contributed by atoms with E-state index in [9.17, 15) is 0 Å². The Kier molecular flexibility index (Phi) is 2.67. The molecule has 15 heavy (non-hydrogen) atoms. The van der Waals surface area contributed by atoms with Gasteiger partial charge in [0, 0.05) is 13.2 Å². The molecule has 0 saturated heterocycles. The van der Waals surface area contributed by atoms with Crippen molar-refractivity contribution < 1.29 is 4.74 Å². The SMILES string of the molecule is Cc1cc(COc2cccnc2)n(C)n1. The molecule has 0 aromatic carbocycles. The molecule has 0 radical (unpaired) electrons. The zero-order valence-electron chi connectivity index (χ0n) is 8.84. The van der Waals surface area contributed by atoms with E-state index < -0.39 is 0 Å². The highest BCUT2D eigenvalue weighted by Crippen LogP contribution is 2.10. The Labute approximate surface area is 88.5 Å². The highest BCUT2D eigenvalue weighted by atomic mass is 16.5. The molecule has 0 aliphatic carbocycles. The molecule has 2 rings (SSSR count). The van der Waals surface area contributed by atoms with Gasteiger partial charge < -0.3 is 4.74 Å². The third-order valence-corrected chi connectivity index (χ3v) is 2.12. The van der Waals surface area contributed by atoms with Crippen LogP contribution in [0.15, 0.2) is 30.6 Å². The van der Waals surface area contributed by atoms with E-state index in [2.05, 4.69) is 10.1 Å². The first-order chi connectivity index (χ1) is 7.25. The first-order valence-electron chi connectivity index (χ1n) is 4.78. The van der Waals surface area contributed by atoms with Gasteiger partial charge in [0.1, 0.15) is 12.4 Å². The van der Waals surface area contributed by atoms with Gasteiger partial charge in [0.25, 0.3) is 0 Å².